The molecule has 0 saturated heterocycles. The lowest BCUT2D eigenvalue weighted by Gasteiger charge is -2.09. The molecule has 0 aliphatic carbocycles. The highest BCUT2D eigenvalue weighted by Gasteiger charge is 2.11. The minimum atomic E-state index is -0.886. The minimum absolute atomic E-state index is 0.153. The molecule has 2 N–H and O–H groups in total. The quantitative estimate of drug-likeness (QED) is 0.706. The SMILES string of the molecule is CCCCOc1ccc(C(=O)NCC(=O)Nc2ccc(F)cc2F)cc1. The summed E-state index contributed by atoms with van der Waals surface area (Å²) in [7, 11) is 0. The average Bonchev–Trinajstić information content (AvgIpc) is 2.63. The molecule has 2 aromatic rings. The first-order valence-corrected chi connectivity index (χ1v) is 8.25. The van der Waals surface area contributed by atoms with Crippen molar-refractivity contribution in [2.75, 3.05) is 18.5 Å². The Bertz CT molecular complexity index is 764. The van der Waals surface area contributed by atoms with Crippen LogP contribution in [0.2, 0.25) is 0 Å². The molecule has 0 atom stereocenters. The molecule has 0 heterocycles. The van der Waals surface area contributed by atoms with Crippen LogP contribution in [-0.2, 0) is 4.79 Å². The monoisotopic (exact) mass is 362 g/mol. The summed E-state index contributed by atoms with van der Waals surface area (Å²) in [6.07, 6.45) is 1.98. The summed E-state index contributed by atoms with van der Waals surface area (Å²) < 4.78 is 31.8. The van der Waals surface area contributed by atoms with Gasteiger partial charge in [0, 0.05) is 11.6 Å². The zero-order valence-corrected chi connectivity index (χ0v) is 14.4. The molecule has 138 valence electrons. The van der Waals surface area contributed by atoms with Gasteiger partial charge < -0.3 is 15.4 Å². The number of halogens is 2. The van der Waals surface area contributed by atoms with Crippen LogP contribution in [0.5, 0.6) is 5.75 Å². The summed E-state index contributed by atoms with van der Waals surface area (Å²) in [5, 5.41) is 4.70. The number of hydrogen-bond acceptors (Lipinski definition) is 3. The molecule has 2 amide bonds. The molecule has 0 bridgehead atoms. The Hall–Kier alpha value is -2.96. The second-order valence-corrected chi connectivity index (χ2v) is 5.58. The number of rotatable bonds is 8. The zero-order chi connectivity index (χ0) is 18.9. The summed E-state index contributed by atoms with van der Waals surface area (Å²) in [4.78, 5) is 23.8. The van der Waals surface area contributed by atoms with Crippen molar-refractivity contribution in [2.24, 2.45) is 0 Å². The first-order valence-electron chi connectivity index (χ1n) is 8.25. The summed E-state index contributed by atoms with van der Waals surface area (Å²) >= 11 is 0. The lowest BCUT2D eigenvalue weighted by molar-refractivity contribution is -0.115. The van der Waals surface area contributed by atoms with Gasteiger partial charge in [-0.3, -0.25) is 9.59 Å². The lowest BCUT2D eigenvalue weighted by atomic mass is 10.2. The number of amides is 2. The topological polar surface area (TPSA) is 67.4 Å². The number of unbranched alkanes of at least 4 members (excludes halogenated alkanes) is 1. The van der Waals surface area contributed by atoms with Crippen molar-refractivity contribution in [1.29, 1.82) is 0 Å². The number of hydrogen-bond donors (Lipinski definition) is 2. The molecular formula is C19H20F2N2O3. The highest BCUT2D eigenvalue weighted by molar-refractivity contribution is 5.99. The summed E-state index contributed by atoms with van der Waals surface area (Å²) in [6, 6.07) is 9.35. The van der Waals surface area contributed by atoms with Gasteiger partial charge in [-0.25, -0.2) is 8.78 Å². The fourth-order valence-corrected chi connectivity index (χ4v) is 2.08. The third-order valence-corrected chi connectivity index (χ3v) is 3.50. The molecule has 0 aliphatic rings. The Kier molecular flexibility index (Phi) is 7.08. The van der Waals surface area contributed by atoms with E-state index in [9.17, 15) is 18.4 Å². The second kappa shape index (κ2) is 9.50. The molecule has 2 rings (SSSR count). The molecule has 0 fully saturated rings. The van der Waals surface area contributed by atoms with Gasteiger partial charge in [0.15, 0.2) is 0 Å². The molecule has 0 saturated carbocycles. The van der Waals surface area contributed by atoms with E-state index in [2.05, 4.69) is 17.6 Å². The van der Waals surface area contributed by atoms with Gasteiger partial charge in [0.25, 0.3) is 5.91 Å². The minimum Gasteiger partial charge on any atom is -0.494 e. The number of carbonyl (C=O) groups excluding carboxylic acids is 2. The zero-order valence-electron chi connectivity index (χ0n) is 14.4. The maximum atomic E-state index is 13.5. The molecule has 0 aromatic heterocycles. The Morgan fingerprint density at radius 3 is 2.46 bits per heavy atom. The van der Waals surface area contributed by atoms with Gasteiger partial charge in [-0.1, -0.05) is 13.3 Å². The van der Waals surface area contributed by atoms with Gasteiger partial charge in [-0.15, -0.1) is 0 Å². The normalized spacial score (nSPS) is 10.3. The largest absolute Gasteiger partial charge is 0.494 e. The Morgan fingerprint density at radius 2 is 1.81 bits per heavy atom. The van der Waals surface area contributed by atoms with Gasteiger partial charge in [0.1, 0.15) is 17.4 Å². The number of nitrogens with one attached hydrogen (secondary N) is 2. The van der Waals surface area contributed by atoms with E-state index in [1.807, 2.05) is 0 Å². The van der Waals surface area contributed by atoms with E-state index in [0.717, 1.165) is 25.0 Å². The fraction of sp³-hybridized carbons (Fsp3) is 0.263. The van der Waals surface area contributed by atoms with E-state index >= 15 is 0 Å². The van der Waals surface area contributed by atoms with Crippen LogP contribution >= 0.6 is 0 Å². The van der Waals surface area contributed by atoms with Crippen molar-refractivity contribution < 1.29 is 23.1 Å². The standard InChI is InChI=1S/C19H20F2N2O3/c1-2-3-10-26-15-7-4-13(5-8-15)19(25)22-12-18(24)23-17-9-6-14(20)11-16(17)21/h4-9,11H,2-3,10,12H2,1H3,(H,22,25)(H,23,24). The van der Waals surface area contributed by atoms with Crippen molar-refractivity contribution in [3.05, 3.63) is 59.7 Å². The van der Waals surface area contributed by atoms with E-state index in [-0.39, 0.29) is 12.2 Å². The summed E-state index contributed by atoms with van der Waals surface area (Å²) in [6.45, 7) is 2.34. The van der Waals surface area contributed by atoms with E-state index in [4.69, 9.17) is 4.74 Å². The van der Waals surface area contributed by atoms with Crippen molar-refractivity contribution in [1.82, 2.24) is 5.32 Å². The van der Waals surface area contributed by atoms with E-state index < -0.39 is 23.4 Å². The third kappa shape index (κ3) is 5.84. The maximum absolute atomic E-state index is 13.5. The van der Waals surface area contributed by atoms with Crippen LogP contribution in [0.25, 0.3) is 0 Å². The predicted octanol–water partition coefficient (Wildman–Crippen LogP) is 3.51. The molecule has 0 spiro atoms. The van der Waals surface area contributed by atoms with Crippen LogP contribution in [-0.4, -0.2) is 25.0 Å². The number of carbonyl (C=O) groups is 2. The number of benzene rings is 2. The number of anilines is 1. The molecule has 0 radical (unpaired) electrons. The van der Waals surface area contributed by atoms with Crippen LogP contribution in [0.15, 0.2) is 42.5 Å². The first-order chi connectivity index (χ1) is 12.5. The van der Waals surface area contributed by atoms with Crippen molar-refractivity contribution >= 4 is 17.5 Å². The van der Waals surface area contributed by atoms with Gasteiger partial charge in [-0.2, -0.15) is 0 Å². The van der Waals surface area contributed by atoms with E-state index in [1.54, 1.807) is 24.3 Å². The molecular weight excluding hydrogens is 342 g/mol. The van der Waals surface area contributed by atoms with Crippen LogP contribution in [0.1, 0.15) is 30.1 Å². The van der Waals surface area contributed by atoms with E-state index in [1.165, 1.54) is 0 Å². The van der Waals surface area contributed by atoms with Crippen molar-refractivity contribution in [2.45, 2.75) is 19.8 Å². The molecule has 26 heavy (non-hydrogen) atoms. The second-order valence-electron chi connectivity index (χ2n) is 5.58. The summed E-state index contributed by atoms with van der Waals surface area (Å²) in [5.74, 6) is -2.03. The Labute approximate surface area is 150 Å². The van der Waals surface area contributed by atoms with Crippen LogP contribution < -0.4 is 15.4 Å². The van der Waals surface area contributed by atoms with Gasteiger partial charge in [-0.05, 0) is 42.8 Å². The molecule has 2 aromatic carbocycles. The fourth-order valence-electron chi connectivity index (χ4n) is 2.08. The predicted molar refractivity (Wildman–Crippen MR) is 94.2 cm³/mol. The smallest absolute Gasteiger partial charge is 0.251 e. The van der Waals surface area contributed by atoms with E-state index in [0.29, 0.717) is 24.0 Å². The Balaban J connectivity index is 1.82. The molecule has 5 nitrogen and oxygen atoms in total. The van der Waals surface area contributed by atoms with Crippen molar-refractivity contribution in [3.8, 4) is 5.75 Å². The Morgan fingerprint density at radius 1 is 1.08 bits per heavy atom. The van der Waals surface area contributed by atoms with Crippen LogP contribution in [0.3, 0.4) is 0 Å². The van der Waals surface area contributed by atoms with Crippen molar-refractivity contribution in [3.63, 3.8) is 0 Å². The number of ether oxygens (including phenoxy) is 1. The molecule has 7 heteroatoms. The summed E-state index contributed by atoms with van der Waals surface area (Å²) in [5.41, 5.74) is 0.216. The highest BCUT2D eigenvalue weighted by atomic mass is 19.1. The molecule has 0 aliphatic heterocycles. The first kappa shape index (κ1) is 19.4. The lowest BCUT2D eigenvalue weighted by Crippen LogP contribution is -2.33. The van der Waals surface area contributed by atoms with Crippen LogP contribution in [0.4, 0.5) is 14.5 Å². The van der Waals surface area contributed by atoms with Gasteiger partial charge in [0.05, 0.1) is 18.8 Å². The highest BCUT2D eigenvalue weighted by Crippen LogP contribution is 2.15. The van der Waals surface area contributed by atoms with Crippen LogP contribution in [0, 0.1) is 11.6 Å². The average molecular weight is 362 g/mol. The molecule has 0 unspecified atom stereocenters. The maximum Gasteiger partial charge on any atom is 0.251 e. The third-order valence-electron chi connectivity index (χ3n) is 3.50. The van der Waals surface area contributed by atoms with Gasteiger partial charge >= 0.3 is 0 Å². The van der Waals surface area contributed by atoms with Gasteiger partial charge in [0.2, 0.25) is 5.91 Å².